The fourth-order valence-electron chi connectivity index (χ4n) is 3.10. The molecule has 4 rings (SSSR count). The lowest BCUT2D eigenvalue weighted by atomic mass is 10.1. The van der Waals surface area contributed by atoms with Crippen LogP contribution in [0.4, 0.5) is 5.69 Å². The molecule has 1 atom stereocenters. The zero-order valence-corrected chi connectivity index (χ0v) is 20.9. The zero-order chi connectivity index (χ0) is 24.2. The summed E-state index contributed by atoms with van der Waals surface area (Å²) in [4.78, 5) is 16.9. The molecule has 0 aliphatic heterocycles. The molecule has 174 valence electrons. The van der Waals surface area contributed by atoms with Gasteiger partial charge in [-0.3, -0.25) is 10.1 Å². The second-order valence-electron chi connectivity index (χ2n) is 7.37. The van der Waals surface area contributed by atoms with Gasteiger partial charge in [0.1, 0.15) is 11.3 Å². The molecule has 0 bridgehead atoms. The van der Waals surface area contributed by atoms with Crippen molar-refractivity contribution in [3.8, 4) is 5.75 Å². The van der Waals surface area contributed by atoms with Crippen molar-refractivity contribution in [3.05, 3.63) is 87.2 Å². The van der Waals surface area contributed by atoms with E-state index < -0.39 is 12.0 Å². The van der Waals surface area contributed by atoms with E-state index in [-0.39, 0.29) is 5.11 Å². The molecule has 0 spiro atoms. The number of anilines is 1. The van der Waals surface area contributed by atoms with Crippen molar-refractivity contribution in [1.82, 2.24) is 10.3 Å². The highest BCUT2D eigenvalue weighted by atomic mass is 35.5. The second-order valence-corrected chi connectivity index (χ2v) is 9.06. The van der Waals surface area contributed by atoms with Crippen LogP contribution in [0.25, 0.3) is 11.1 Å². The summed E-state index contributed by atoms with van der Waals surface area (Å²) in [5.74, 6) is 0.525. The van der Waals surface area contributed by atoms with Crippen LogP contribution in [0.5, 0.6) is 5.75 Å². The molecule has 1 unspecified atom stereocenters. The van der Waals surface area contributed by atoms with Gasteiger partial charge in [0.2, 0.25) is 0 Å². The van der Waals surface area contributed by atoms with Gasteiger partial charge < -0.3 is 14.5 Å². The lowest BCUT2D eigenvalue weighted by Crippen LogP contribution is -2.42. The molecule has 0 aliphatic carbocycles. The average molecular weight is 535 g/mol. The Morgan fingerprint density at radius 1 is 1.06 bits per heavy atom. The van der Waals surface area contributed by atoms with E-state index in [0.717, 1.165) is 11.1 Å². The molecule has 4 aromatic rings. The Hall–Kier alpha value is -2.84. The first-order valence-corrected chi connectivity index (χ1v) is 11.7. The van der Waals surface area contributed by atoms with Gasteiger partial charge in [-0.25, -0.2) is 4.98 Å². The van der Waals surface area contributed by atoms with Crippen molar-refractivity contribution in [1.29, 1.82) is 0 Å². The van der Waals surface area contributed by atoms with Gasteiger partial charge >= 0.3 is 0 Å². The average Bonchev–Trinajstić information content (AvgIpc) is 3.18. The number of thiocarbonyl (C=S) groups is 1. The molecule has 1 heterocycles. The molecule has 0 saturated carbocycles. The van der Waals surface area contributed by atoms with Crippen LogP contribution in [-0.4, -0.2) is 22.1 Å². The third-order valence-electron chi connectivity index (χ3n) is 4.76. The minimum atomic E-state index is -0.827. The number of carbonyl (C=O) groups excluding carboxylic acids is 1. The first-order chi connectivity index (χ1) is 16.3. The van der Waals surface area contributed by atoms with Gasteiger partial charge in [-0.1, -0.05) is 46.9 Å². The van der Waals surface area contributed by atoms with Gasteiger partial charge in [-0.2, -0.15) is 0 Å². The highest BCUT2D eigenvalue weighted by Gasteiger charge is 2.17. The number of hydrogen-bond donors (Lipinski definition) is 2. The summed E-state index contributed by atoms with van der Waals surface area (Å²) in [6.45, 7) is 1.59. The van der Waals surface area contributed by atoms with Crippen molar-refractivity contribution < 1.29 is 13.9 Å². The molecular weight excluding hydrogens is 517 g/mol. The lowest BCUT2D eigenvalue weighted by Gasteiger charge is -2.16. The minimum Gasteiger partial charge on any atom is -0.479 e. The van der Waals surface area contributed by atoms with Crippen molar-refractivity contribution in [2.24, 2.45) is 0 Å². The molecule has 1 aromatic heterocycles. The standard InChI is InChI=1S/C24H18Cl3N3O3S/c1-13(32-20-8-4-15(25)11-18(20)27)23(31)30-24(34)28-17-6-2-14(3-7-17)10-22-29-19-12-16(26)5-9-21(19)33-22/h2-9,11-13H,10H2,1H3,(H2,28,30,31,34). The molecule has 0 aliphatic rings. The van der Waals surface area contributed by atoms with Crippen LogP contribution in [0.1, 0.15) is 18.4 Å². The normalized spacial score (nSPS) is 11.8. The smallest absolute Gasteiger partial charge is 0.266 e. The number of aromatic nitrogens is 1. The third-order valence-corrected chi connectivity index (χ3v) is 5.73. The first-order valence-electron chi connectivity index (χ1n) is 10.1. The second kappa shape index (κ2) is 10.6. The Morgan fingerprint density at radius 2 is 1.76 bits per heavy atom. The highest BCUT2D eigenvalue weighted by molar-refractivity contribution is 7.80. The Balaban J connectivity index is 1.30. The van der Waals surface area contributed by atoms with Gasteiger partial charge in [-0.05, 0) is 73.2 Å². The largest absolute Gasteiger partial charge is 0.479 e. The van der Waals surface area contributed by atoms with Crippen LogP contribution in [-0.2, 0) is 11.2 Å². The lowest BCUT2D eigenvalue weighted by molar-refractivity contribution is -0.125. The minimum absolute atomic E-state index is 0.145. The number of nitrogens with zero attached hydrogens (tertiary/aromatic N) is 1. The number of amides is 1. The third kappa shape index (κ3) is 6.18. The van der Waals surface area contributed by atoms with Gasteiger partial charge in [-0.15, -0.1) is 0 Å². The summed E-state index contributed by atoms with van der Waals surface area (Å²) in [7, 11) is 0. The Labute approximate surface area is 216 Å². The number of ether oxygens (including phenoxy) is 1. The number of fused-ring (bicyclic) bond motifs is 1. The van der Waals surface area contributed by atoms with E-state index in [2.05, 4.69) is 15.6 Å². The topological polar surface area (TPSA) is 76.4 Å². The summed E-state index contributed by atoms with van der Waals surface area (Å²) in [6.07, 6.45) is -0.303. The van der Waals surface area contributed by atoms with E-state index in [1.807, 2.05) is 24.3 Å². The molecular formula is C24H18Cl3N3O3S. The van der Waals surface area contributed by atoms with Gasteiger partial charge in [0.15, 0.2) is 22.7 Å². The Kier molecular flexibility index (Phi) is 7.58. The maximum Gasteiger partial charge on any atom is 0.266 e. The van der Waals surface area contributed by atoms with Gasteiger partial charge in [0, 0.05) is 22.2 Å². The molecule has 0 fully saturated rings. The van der Waals surface area contributed by atoms with Crippen LogP contribution in [0.15, 0.2) is 65.1 Å². The van der Waals surface area contributed by atoms with Crippen LogP contribution in [0, 0.1) is 0 Å². The predicted molar refractivity (Wildman–Crippen MR) is 139 cm³/mol. The number of nitrogens with one attached hydrogen (secondary N) is 2. The van der Waals surface area contributed by atoms with E-state index in [4.69, 9.17) is 56.2 Å². The van der Waals surface area contributed by atoms with E-state index in [1.165, 1.54) is 0 Å². The van der Waals surface area contributed by atoms with Gasteiger partial charge in [0.25, 0.3) is 5.91 Å². The van der Waals surface area contributed by atoms with Crippen LogP contribution >= 0.6 is 47.0 Å². The Bertz CT molecular complexity index is 1360. The van der Waals surface area contributed by atoms with Crippen molar-refractivity contribution in [3.63, 3.8) is 0 Å². The van der Waals surface area contributed by atoms with Crippen molar-refractivity contribution in [2.75, 3.05) is 5.32 Å². The molecule has 6 nitrogen and oxygen atoms in total. The van der Waals surface area contributed by atoms with Crippen molar-refractivity contribution >= 4 is 74.8 Å². The van der Waals surface area contributed by atoms with E-state index in [9.17, 15) is 4.79 Å². The Morgan fingerprint density at radius 3 is 2.50 bits per heavy atom. The summed E-state index contributed by atoms with van der Waals surface area (Å²) in [5, 5.41) is 7.13. The number of carbonyl (C=O) groups is 1. The number of halogens is 3. The van der Waals surface area contributed by atoms with Crippen molar-refractivity contribution in [2.45, 2.75) is 19.4 Å². The number of rotatable bonds is 6. The fraction of sp³-hybridized carbons (Fsp3) is 0.125. The molecule has 2 N–H and O–H groups in total. The van der Waals surface area contributed by atoms with Crippen LogP contribution in [0.3, 0.4) is 0 Å². The molecule has 0 radical (unpaired) electrons. The maximum atomic E-state index is 12.4. The summed E-state index contributed by atoms with van der Waals surface area (Å²) < 4.78 is 11.4. The number of benzene rings is 3. The molecule has 34 heavy (non-hydrogen) atoms. The molecule has 1 amide bonds. The zero-order valence-electron chi connectivity index (χ0n) is 17.8. The first kappa shape index (κ1) is 24.3. The summed E-state index contributed by atoms with van der Waals surface area (Å²) >= 11 is 23.2. The van der Waals surface area contributed by atoms with Crippen LogP contribution < -0.4 is 15.4 Å². The number of oxazole rings is 1. The summed E-state index contributed by atoms with van der Waals surface area (Å²) in [6, 6.07) is 17.6. The predicted octanol–water partition coefficient (Wildman–Crippen LogP) is 6.66. The molecule has 10 heteroatoms. The SMILES string of the molecule is CC(Oc1ccc(Cl)cc1Cl)C(=O)NC(=S)Nc1ccc(Cc2nc3cc(Cl)ccc3o2)cc1. The fourth-order valence-corrected chi connectivity index (χ4v) is 3.93. The van der Waals surface area contributed by atoms with E-state index in [0.29, 0.717) is 44.4 Å². The van der Waals surface area contributed by atoms with E-state index >= 15 is 0 Å². The van der Waals surface area contributed by atoms with E-state index in [1.54, 1.807) is 43.3 Å². The van der Waals surface area contributed by atoms with Crippen LogP contribution in [0.2, 0.25) is 15.1 Å². The van der Waals surface area contributed by atoms with Gasteiger partial charge in [0.05, 0.1) is 5.02 Å². The molecule has 3 aromatic carbocycles. The quantitative estimate of drug-likeness (QED) is 0.269. The maximum absolute atomic E-state index is 12.4. The monoisotopic (exact) mass is 533 g/mol. The summed E-state index contributed by atoms with van der Waals surface area (Å²) in [5.41, 5.74) is 3.13. The molecule has 0 saturated heterocycles. The number of hydrogen-bond acceptors (Lipinski definition) is 5. The highest BCUT2D eigenvalue weighted by Crippen LogP contribution is 2.28.